The van der Waals surface area contributed by atoms with E-state index in [1.54, 1.807) is 0 Å². The highest BCUT2D eigenvalue weighted by atomic mass is 14.7. The Morgan fingerprint density at radius 2 is 1.62 bits per heavy atom. The Balaban J connectivity index is 2.06. The first-order valence-electron chi connectivity index (χ1n) is 7.52. The Labute approximate surface area is 125 Å². The second-order valence-electron chi connectivity index (χ2n) is 5.30. The van der Waals surface area contributed by atoms with Crippen molar-refractivity contribution in [1.29, 1.82) is 0 Å². The SMILES string of the molecule is NCCCCc1cc(-c2ccccc2)nc2ccccc12. The van der Waals surface area contributed by atoms with Gasteiger partial charge in [-0.05, 0) is 43.5 Å². The quantitative estimate of drug-likeness (QED) is 0.710. The van der Waals surface area contributed by atoms with Gasteiger partial charge in [0.15, 0.2) is 0 Å². The van der Waals surface area contributed by atoms with Gasteiger partial charge in [-0.3, -0.25) is 0 Å². The summed E-state index contributed by atoms with van der Waals surface area (Å²) in [5.74, 6) is 0. The zero-order chi connectivity index (χ0) is 14.5. The van der Waals surface area contributed by atoms with Gasteiger partial charge in [-0.25, -0.2) is 4.98 Å². The highest BCUT2D eigenvalue weighted by Gasteiger charge is 2.07. The number of aromatic nitrogens is 1. The van der Waals surface area contributed by atoms with Gasteiger partial charge in [0.25, 0.3) is 0 Å². The van der Waals surface area contributed by atoms with E-state index in [1.807, 2.05) is 12.1 Å². The Morgan fingerprint density at radius 1 is 0.857 bits per heavy atom. The van der Waals surface area contributed by atoms with E-state index in [1.165, 1.54) is 16.5 Å². The number of para-hydroxylation sites is 1. The molecule has 1 aromatic heterocycles. The van der Waals surface area contributed by atoms with E-state index in [9.17, 15) is 0 Å². The molecule has 1 heterocycles. The van der Waals surface area contributed by atoms with Crippen molar-refractivity contribution in [3.05, 3.63) is 66.2 Å². The lowest BCUT2D eigenvalue weighted by Crippen LogP contribution is -2.00. The van der Waals surface area contributed by atoms with Crippen LogP contribution >= 0.6 is 0 Å². The number of rotatable bonds is 5. The smallest absolute Gasteiger partial charge is 0.0712 e. The van der Waals surface area contributed by atoms with Gasteiger partial charge >= 0.3 is 0 Å². The Kier molecular flexibility index (Phi) is 4.27. The minimum atomic E-state index is 0.758. The number of unbranched alkanes of at least 4 members (excludes halogenated alkanes) is 1. The molecule has 0 spiro atoms. The molecule has 0 bridgehead atoms. The first kappa shape index (κ1) is 13.8. The van der Waals surface area contributed by atoms with Crippen LogP contribution in [0.2, 0.25) is 0 Å². The van der Waals surface area contributed by atoms with E-state index < -0.39 is 0 Å². The lowest BCUT2D eigenvalue weighted by Gasteiger charge is -2.10. The molecule has 2 nitrogen and oxygen atoms in total. The van der Waals surface area contributed by atoms with Crippen molar-refractivity contribution in [2.24, 2.45) is 5.73 Å². The molecule has 106 valence electrons. The Morgan fingerprint density at radius 3 is 2.43 bits per heavy atom. The fourth-order valence-electron chi connectivity index (χ4n) is 2.67. The molecule has 21 heavy (non-hydrogen) atoms. The lowest BCUT2D eigenvalue weighted by molar-refractivity contribution is 0.747. The molecule has 0 atom stereocenters. The molecule has 3 aromatic rings. The molecule has 0 aliphatic rings. The fraction of sp³-hybridized carbons (Fsp3) is 0.211. The second-order valence-corrected chi connectivity index (χ2v) is 5.30. The summed E-state index contributed by atoms with van der Waals surface area (Å²) < 4.78 is 0. The minimum Gasteiger partial charge on any atom is -0.330 e. The Hall–Kier alpha value is -2.19. The molecule has 2 aromatic carbocycles. The number of nitrogens with two attached hydrogens (primary N) is 1. The van der Waals surface area contributed by atoms with Crippen LogP contribution in [0.3, 0.4) is 0 Å². The number of fused-ring (bicyclic) bond motifs is 1. The predicted molar refractivity (Wildman–Crippen MR) is 89.2 cm³/mol. The van der Waals surface area contributed by atoms with Crippen LogP contribution in [0.5, 0.6) is 0 Å². The fourth-order valence-corrected chi connectivity index (χ4v) is 2.67. The molecule has 0 unspecified atom stereocenters. The van der Waals surface area contributed by atoms with Crippen LogP contribution in [0.25, 0.3) is 22.2 Å². The maximum atomic E-state index is 5.61. The van der Waals surface area contributed by atoms with Gasteiger partial charge in [-0.15, -0.1) is 0 Å². The van der Waals surface area contributed by atoms with Gasteiger partial charge in [-0.1, -0.05) is 48.5 Å². The number of pyridine rings is 1. The van der Waals surface area contributed by atoms with Crippen LogP contribution in [0, 0.1) is 0 Å². The summed E-state index contributed by atoms with van der Waals surface area (Å²) in [5.41, 5.74) is 10.3. The van der Waals surface area contributed by atoms with Crippen molar-refractivity contribution in [3.63, 3.8) is 0 Å². The van der Waals surface area contributed by atoms with Gasteiger partial charge in [0, 0.05) is 10.9 Å². The van der Waals surface area contributed by atoms with Crippen LogP contribution < -0.4 is 5.73 Å². The third-order valence-electron chi connectivity index (χ3n) is 3.77. The molecule has 0 amide bonds. The minimum absolute atomic E-state index is 0.758. The molecule has 0 aliphatic heterocycles. The van der Waals surface area contributed by atoms with Crippen molar-refractivity contribution in [1.82, 2.24) is 4.98 Å². The first-order chi connectivity index (χ1) is 10.4. The number of benzene rings is 2. The molecular formula is C19H20N2. The van der Waals surface area contributed by atoms with E-state index in [0.29, 0.717) is 0 Å². The van der Waals surface area contributed by atoms with E-state index >= 15 is 0 Å². The number of nitrogens with zero attached hydrogens (tertiary/aromatic N) is 1. The normalized spacial score (nSPS) is 10.9. The van der Waals surface area contributed by atoms with Crippen molar-refractivity contribution >= 4 is 10.9 Å². The van der Waals surface area contributed by atoms with Gasteiger partial charge in [0.05, 0.1) is 11.2 Å². The van der Waals surface area contributed by atoms with Crippen molar-refractivity contribution < 1.29 is 0 Å². The van der Waals surface area contributed by atoms with Crippen LogP contribution in [-0.2, 0) is 6.42 Å². The third kappa shape index (κ3) is 3.11. The van der Waals surface area contributed by atoms with Crippen molar-refractivity contribution in [2.45, 2.75) is 19.3 Å². The summed E-state index contributed by atoms with van der Waals surface area (Å²) in [5, 5.41) is 1.26. The maximum absolute atomic E-state index is 5.61. The van der Waals surface area contributed by atoms with Crippen molar-refractivity contribution in [2.75, 3.05) is 6.54 Å². The topological polar surface area (TPSA) is 38.9 Å². The van der Waals surface area contributed by atoms with Gasteiger partial charge in [0.1, 0.15) is 0 Å². The average Bonchev–Trinajstić information content (AvgIpc) is 2.55. The third-order valence-corrected chi connectivity index (χ3v) is 3.77. The molecule has 2 heteroatoms. The molecule has 0 saturated heterocycles. The molecular weight excluding hydrogens is 256 g/mol. The molecule has 0 saturated carbocycles. The van der Waals surface area contributed by atoms with Crippen LogP contribution in [0.4, 0.5) is 0 Å². The number of hydrogen-bond acceptors (Lipinski definition) is 2. The summed E-state index contributed by atoms with van der Waals surface area (Å²) in [6.45, 7) is 0.758. The van der Waals surface area contributed by atoms with Crippen LogP contribution in [0.15, 0.2) is 60.7 Å². The van der Waals surface area contributed by atoms with Gasteiger partial charge in [-0.2, -0.15) is 0 Å². The van der Waals surface area contributed by atoms with E-state index in [0.717, 1.165) is 37.0 Å². The van der Waals surface area contributed by atoms with Gasteiger partial charge in [0.2, 0.25) is 0 Å². The maximum Gasteiger partial charge on any atom is 0.0712 e. The first-order valence-corrected chi connectivity index (χ1v) is 7.52. The average molecular weight is 276 g/mol. The summed E-state index contributed by atoms with van der Waals surface area (Å²) in [7, 11) is 0. The van der Waals surface area contributed by atoms with Gasteiger partial charge < -0.3 is 5.73 Å². The highest BCUT2D eigenvalue weighted by molar-refractivity contribution is 5.85. The lowest BCUT2D eigenvalue weighted by atomic mass is 10.00. The van der Waals surface area contributed by atoms with Crippen LogP contribution in [-0.4, -0.2) is 11.5 Å². The van der Waals surface area contributed by atoms with Crippen LogP contribution in [0.1, 0.15) is 18.4 Å². The van der Waals surface area contributed by atoms with E-state index in [-0.39, 0.29) is 0 Å². The molecule has 0 aliphatic carbocycles. The summed E-state index contributed by atoms with van der Waals surface area (Å²) in [6, 6.07) is 21.0. The predicted octanol–water partition coefficient (Wildman–Crippen LogP) is 4.18. The summed E-state index contributed by atoms with van der Waals surface area (Å²) >= 11 is 0. The zero-order valence-corrected chi connectivity index (χ0v) is 12.1. The largest absolute Gasteiger partial charge is 0.330 e. The second kappa shape index (κ2) is 6.51. The molecule has 0 fully saturated rings. The summed E-state index contributed by atoms with van der Waals surface area (Å²) in [4.78, 5) is 4.81. The highest BCUT2D eigenvalue weighted by Crippen LogP contribution is 2.25. The Bertz CT molecular complexity index is 720. The number of aryl methyl sites for hydroxylation is 1. The molecule has 3 rings (SSSR count). The summed E-state index contributed by atoms with van der Waals surface area (Å²) in [6.07, 6.45) is 3.25. The van der Waals surface area contributed by atoms with Crippen molar-refractivity contribution in [3.8, 4) is 11.3 Å². The van der Waals surface area contributed by atoms with E-state index in [4.69, 9.17) is 10.7 Å². The standard InChI is InChI=1S/C19H20N2/c20-13-7-6-10-16-14-19(15-8-2-1-3-9-15)21-18-12-5-4-11-17(16)18/h1-5,8-9,11-12,14H,6-7,10,13,20H2. The van der Waals surface area contributed by atoms with E-state index in [2.05, 4.69) is 48.5 Å². The monoisotopic (exact) mass is 276 g/mol. The zero-order valence-electron chi connectivity index (χ0n) is 12.1. The number of hydrogen-bond donors (Lipinski definition) is 1. The molecule has 0 radical (unpaired) electrons. The molecule has 2 N–H and O–H groups in total.